The van der Waals surface area contributed by atoms with Crippen LogP contribution in [0.1, 0.15) is 5.56 Å². The summed E-state index contributed by atoms with van der Waals surface area (Å²) in [4.78, 5) is 26.2. The number of nitrogens with two attached hydrogens (primary N) is 1. The summed E-state index contributed by atoms with van der Waals surface area (Å²) in [6.07, 6.45) is 1.40. The average Bonchev–Trinajstić information content (AvgIpc) is 2.86. The molecule has 1 saturated heterocycles. The number of thiocarbonyl (C=S) groups is 1. The average molecular weight is 521 g/mol. The Balaban J connectivity index is 1.58. The minimum absolute atomic E-state index is 0.00813. The van der Waals surface area contributed by atoms with Gasteiger partial charge in [0.05, 0.1) is 25.0 Å². The first-order valence-electron chi connectivity index (χ1n) is 11.0. The van der Waals surface area contributed by atoms with Crippen molar-refractivity contribution < 1.29 is 23.2 Å². The van der Waals surface area contributed by atoms with Crippen LogP contribution in [-0.2, 0) is 16.0 Å². The van der Waals surface area contributed by atoms with Crippen LogP contribution in [0.3, 0.4) is 0 Å². The number of benzene rings is 2. The number of hydrogen-bond donors (Lipinski definition) is 3. The second-order valence-electron chi connectivity index (χ2n) is 7.97. The fraction of sp³-hybridized carbons (Fsp3) is 0.304. The van der Waals surface area contributed by atoms with Gasteiger partial charge in [0, 0.05) is 55.9 Å². The van der Waals surface area contributed by atoms with Gasteiger partial charge in [-0.3, -0.25) is 14.9 Å². The van der Waals surface area contributed by atoms with E-state index in [2.05, 4.69) is 10.6 Å². The highest BCUT2D eigenvalue weighted by molar-refractivity contribution is 7.80. The molecule has 3 rings (SSSR count). The normalized spacial score (nSPS) is 13.8. The number of carbonyl (C=O) groups excluding carboxylic acids is 1. The van der Waals surface area contributed by atoms with Gasteiger partial charge in [0.2, 0.25) is 5.91 Å². The Morgan fingerprint density at radius 3 is 2.50 bits per heavy atom. The number of non-ortho nitro benzene ring substituents is 1. The van der Waals surface area contributed by atoms with Crippen LogP contribution in [0.2, 0.25) is 0 Å². The maximum absolute atomic E-state index is 14.8. The molecule has 0 unspecified atom stereocenters. The van der Waals surface area contributed by atoms with Crippen molar-refractivity contribution in [2.75, 3.05) is 50.1 Å². The van der Waals surface area contributed by atoms with Gasteiger partial charge in [0.25, 0.3) is 10.9 Å². The van der Waals surface area contributed by atoms with Crippen molar-refractivity contribution >= 4 is 40.4 Å². The van der Waals surface area contributed by atoms with E-state index >= 15 is 0 Å². The molecule has 1 aliphatic rings. The monoisotopic (exact) mass is 520 g/mol. The maximum atomic E-state index is 14.8. The molecule has 2 aromatic rings. The van der Waals surface area contributed by atoms with Gasteiger partial charge in [-0.1, -0.05) is 12.1 Å². The number of nitro groups is 1. The van der Waals surface area contributed by atoms with Crippen LogP contribution in [0.25, 0.3) is 0 Å². The molecular weight excluding hydrogens is 494 g/mol. The molecule has 4 N–H and O–H groups in total. The minimum Gasteiger partial charge on any atom is -0.474 e. The summed E-state index contributed by atoms with van der Waals surface area (Å²) in [5, 5.41) is 16.6. The van der Waals surface area contributed by atoms with Gasteiger partial charge in [-0.25, -0.2) is 8.78 Å². The van der Waals surface area contributed by atoms with Crippen molar-refractivity contribution in [3.63, 3.8) is 0 Å². The maximum Gasteiger partial charge on any atom is 0.269 e. The number of nitrogens with zero attached hydrogens (tertiary/aromatic N) is 3. The molecule has 0 spiro atoms. The van der Waals surface area contributed by atoms with E-state index < -0.39 is 16.6 Å². The summed E-state index contributed by atoms with van der Waals surface area (Å²) in [6, 6.07) is 8.22. The van der Waals surface area contributed by atoms with Crippen molar-refractivity contribution in [3.8, 4) is 0 Å². The summed E-state index contributed by atoms with van der Waals surface area (Å²) < 4.78 is 34.4. The fourth-order valence-corrected chi connectivity index (χ4v) is 3.74. The number of piperazine rings is 1. The number of methoxy groups -OCH3 is 1. The smallest absolute Gasteiger partial charge is 0.269 e. The van der Waals surface area contributed by atoms with Crippen LogP contribution in [-0.4, -0.2) is 60.7 Å². The lowest BCUT2D eigenvalue weighted by molar-refractivity contribution is -0.384. The van der Waals surface area contributed by atoms with Crippen molar-refractivity contribution in [1.82, 2.24) is 10.2 Å². The lowest BCUT2D eigenvalue weighted by Gasteiger charge is -2.36. The van der Waals surface area contributed by atoms with Gasteiger partial charge in [-0.2, -0.15) is 0 Å². The zero-order chi connectivity index (χ0) is 26.2. The number of rotatable bonds is 8. The highest BCUT2D eigenvalue weighted by Crippen LogP contribution is 2.28. The molecule has 0 aromatic heterocycles. The zero-order valence-electron chi connectivity index (χ0n) is 19.5. The number of anilines is 2. The molecule has 1 aliphatic heterocycles. The molecule has 1 heterocycles. The number of amides is 1. The van der Waals surface area contributed by atoms with Gasteiger partial charge in [-0.15, -0.1) is 0 Å². The molecule has 10 nitrogen and oxygen atoms in total. The highest BCUT2D eigenvalue weighted by Gasteiger charge is 2.25. The fourth-order valence-electron chi connectivity index (χ4n) is 3.67. The molecule has 1 fully saturated rings. The molecule has 13 heteroatoms. The van der Waals surface area contributed by atoms with Crippen LogP contribution >= 0.6 is 12.2 Å². The topological polar surface area (TPSA) is 126 Å². The van der Waals surface area contributed by atoms with E-state index in [4.69, 9.17) is 22.7 Å². The molecule has 2 aromatic carbocycles. The zero-order valence-corrected chi connectivity index (χ0v) is 20.3. The SMILES string of the molecule is COC(=S)NC/C(N)=C/Nc1cc(F)c(N2CCN(C(=O)Cc3cccc([N+](=O)[O-])c3)CC2)c(F)c1. The largest absolute Gasteiger partial charge is 0.474 e. The van der Waals surface area contributed by atoms with Crippen LogP contribution in [0.15, 0.2) is 48.3 Å². The Hall–Kier alpha value is -4.00. The molecule has 0 aliphatic carbocycles. The Labute approximate surface area is 211 Å². The quantitative estimate of drug-likeness (QED) is 0.273. The molecule has 0 saturated carbocycles. The van der Waals surface area contributed by atoms with Gasteiger partial charge in [0.15, 0.2) is 11.6 Å². The van der Waals surface area contributed by atoms with Crippen LogP contribution in [0.4, 0.5) is 25.8 Å². The lowest BCUT2D eigenvalue weighted by atomic mass is 10.1. The van der Waals surface area contributed by atoms with E-state index in [1.165, 1.54) is 31.5 Å². The van der Waals surface area contributed by atoms with E-state index in [9.17, 15) is 23.7 Å². The Morgan fingerprint density at radius 1 is 1.22 bits per heavy atom. The summed E-state index contributed by atoms with van der Waals surface area (Å²) in [6.45, 7) is 1.19. The van der Waals surface area contributed by atoms with Crippen molar-refractivity contribution in [1.29, 1.82) is 0 Å². The number of halogens is 2. The van der Waals surface area contributed by atoms with E-state index in [1.54, 1.807) is 15.9 Å². The van der Waals surface area contributed by atoms with Crippen molar-refractivity contribution in [2.24, 2.45) is 5.73 Å². The molecule has 0 radical (unpaired) electrons. The molecule has 36 heavy (non-hydrogen) atoms. The van der Waals surface area contributed by atoms with Crippen LogP contribution < -0.4 is 21.3 Å². The van der Waals surface area contributed by atoms with Gasteiger partial charge < -0.3 is 30.9 Å². The Kier molecular flexibility index (Phi) is 8.95. The number of hydrogen-bond acceptors (Lipinski definition) is 8. The number of ether oxygens (including phenoxy) is 1. The second-order valence-corrected chi connectivity index (χ2v) is 8.34. The first-order chi connectivity index (χ1) is 17.2. The third-order valence-corrected chi connectivity index (χ3v) is 5.80. The third kappa shape index (κ3) is 7.01. The van der Waals surface area contributed by atoms with Crippen molar-refractivity contribution in [2.45, 2.75) is 6.42 Å². The van der Waals surface area contributed by atoms with E-state index in [1.807, 2.05) is 0 Å². The second kappa shape index (κ2) is 12.1. The predicted molar refractivity (Wildman–Crippen MR) is 135 cm³/mol. The van der Waals surface area contributed by atoms with Crippen LogP contribution in [0.5, 0.6) is 0 Å². The first kappa shape index (κ1) is 26.6. The lowest BCUT2D eigenvalue weighted by Crippen LogP contribution is -2.49. The van der Waals surface area contributed by atoms with Gasteiger partial charge in [0.1, 0.15) is 5.69 Å². The Morgan fingerprint density at radius 2 is 1.89 bits per heavy atom. The number of nitro benzene ring substituents is 1. The molecule has 0 atom stereocenters. The Bertz CT molecular complexity index is 1150. The summed E-state index contributed by atoms with van der Waals surface area (Å²) >= 11 is 4.84. The number of nitrogens with one attached hydrogen (secondary N) is 2. The summed E-state index contributed by atoms with van der Waals surface area (Å²) in [5.74, 6) is -1.71. The van der Waals surface area contributed by atoms with E-state index in [0.29, 0.717) is 11.3 Å². The summed E-state index contributed by atoms with van der Waals surface area (Å²) in [5.41, 5.74) is 6.61. The first-order valence-corrected chi connectivity index (χ1v) is 11.4. The van der Waals surface area contributed by atoms with E-state index in [0.717, 1.165) is 12.1 Å². The molecular formula is C23H26F2N6O4S. The van der Waals surface area contributed by atoms with Gasteiger partial charge >= 0.3 is 0 Å². The summed E-state index contributed by atoms with van der Waals surface area (Å²) in [7, 11) is 1.42. The standard InChI is InChI=1S/C23H26F2N6O4S/c1-35-23(36)28-14-16(26)13-27-17-11-19(24)22(20(25)12-17)30-7-5-29(6-8-30)21(32)10-15-3-2-4-18(9-15)31(33)34/h2-4,9,11-13,27H,5-8,10,14,26H2,1H3,(H,28,36)/b16-13-. The highest BCUT2D eigenvalue weighted by atomic mass is 32.1. The van der Waals surface area contributed by atoms with Crippen LogP contribution in [0, 0.1) is 21.7 Å². The third-order valence-electron chi connectivity index (χ3n) is 5.49. The molecule has 1 amide bonds. The molecule has 0 bridgehead atoms. The van der Waals surface area contributed by atoms with E-state index in [-0.39, 0.29) is 67.3 Å². The van der Waals surface area contributed by atoms with Crippen molar-refractivity contribution in [3.05, 3.63) is 75.6 Å². The molecule has 192 valence electrons. The number of carbonyl (C=O) groups is 1. The predicted octanol–water partition coefficient (Wildman–Crippen LogP) is 2.50. The van der Waals surface area contributed by atoms with Gasteiger partial charge in [-0.05, 0) is 29.9 Å². The minimum atomic E-state index is -0.750.